The van der Waals surface area contributed by atoms with Gasteiger partial charge in [0.05, 0.1) is 12.5 Å². The molecule has 1 aliphatic rings. The van der Waals surface area contributed by atoms with Crippen molar-refractivity contribution < 1.29 is 14.7 Å². The number of anilines is 1. The minimum absolute atomic E-state index is 0. The fraction of sp³-hybridized carbons (Fsp3) is 0.429. The van der Waals surface area contributed by atoms with E-state index in [-0.39, 0.29) is 30.8 Å². The Bertz CT molecular complexity index is 485. The molecule has 0 spiro atoms. The van der Waals surface area contributed by atoms with Gasteiger partial charge in [-0.15, -0.1) is 12.4 Å². The van der Waals surface area contributed by atoms with Gasteiger partial charge in [-0.2, -0.15) is 0 Å². The van der Waals surface area contributed by atoms with Crippen molar-refractivity contribution in [1.29, 1.82) is 0 Å². The van der Waals surface area contributed by atoms with Gasteiger partial charge in [0.25, 0.3) is 0 Å². The van der Waals surface area contributed by atoms with E-state index in [1.165, 1.54) is 0 Å². The number of nitrogens with zero attached hydrogens (tertiary/aromatic N) is 1. The van der Waals surface area contributed by atoms with Crippen LogP contribution in [0.5, 0.6) is 0 Å². The van der Waals surface area contributed by atoms with E-state index in [2.05, 4.69) is 5.32 Å². The van der Waals surface area contributed by atoms with Gasteiger partial charge in [0.1, 0.15) is 0 Å². The topological polar surface area (TPSA) is 69.6 Å². The van der Waals surface area contributed by atoms with Crippen molar-refractivity contribution in [3.05, 3.63) is 29.3 Å². The molecule has 1 aliphatic heterocycles. The highest BCUT2D eigenvalue weighted by atomic mass is 35.5. The molecule has 0 saturated carbocycles. The SMILES string of the molecule is Cl.O=C(CN1CCC(C(=O)O)CC1)Nc1ccc(Cl)cc1. The summed E-state index contributed by atoms with van der Waals surface area (Å²) in [4.78, 5) is 24.7. The smallest absolute Gasteiger partial charge is 0.306 e. The lowest BCUT2D eigenvalue weighted by Crippen LogP contribution is -2.40. The molecule has 2 N–H and O–H groups in total. The van der Waals surface area contributed by atoms with E-state index >= 15 is 0 Å². The summed E-state index contributed by atoms with van der Waals surface area (Å²) in [7, 11) is 0. The van der Waals surface area contributed by atoms with Gasteiger partial charge in [-0.05, 0) is 50.2 Å². The summed E-state index contributed by atoms with van der Waals surface area (Å²) in [5.74, 6) is -1.11. The Morgan fingerprint density at radius 2 is 1.81 bits per heavy atom. The highest BCUT2D eigenvalue weighted by Crippen LogP contribution is 2.17. The normalized spacial score (nSPS) is 16.0. The number of carbonyl (C=O) groups excluding carboxylic acids is 1. The van der Waals surface area contributed by atoms with Crippen LogP contribution in [0.25, 0.3) is 0 Å². The zero-order valence-electron chi connectivity index (χ0n) is 11.4. The van der Waals surface area contributed by atoms with E-state index in [1.54, 1.807) is 24.3 Å². The van der Waals surface area contributed by atoms with Crippen LogP contribution in [0.3, 0.4) is 0 Å². The number of halogens is 2. The largest absolute Gasteiger partial charge is 0.481 e. The number of nitrogens with one attached hydrogen (secondary N) is 1. The lowest BCUT2D eigenvalue weighted by atomic mass is 9.97. The maximum Gasteiger partial charge on any atom is 0.306 e. The summed E-state index contributed by atoms with van der Waals surface area (Å²) < 4.78 is 0. The molecule has 2 rings (SSSR count). The third-order valence-electron chi connectivity index (χ3n) is 3.43. The van der Waals surface area contributed by atoms with Crippen LogP contribution < -0.4 is 5.32 Å². The molecule has 1 amide bonds. The molecule has 0 bridgehead atoms. The molecule has 116 valence electrons. The molecule has 7 heteroatoms. The number of carboxylic acids is 1. The number of piperidine rings is 1. The van der Waals surface area contributed by atoms with Crippen LogP contribution in [0.15, 0.2) is 24.3 Å². The Balaban J connectivity index is 0.00000220. The first-order valence-electron chi connectivity index (χ1n) is 6.55. The molecule has 0 radical (unpaired) electrons. The third-order valence-corrected chi connectivity index (χ3v) is 3.68. The minimum atomic E-state index is -0.740. The van der Waals surface area contributed by atoms with E-state index in [9.17, 15) is 9.59 Å². The zero-order valence-corrected chi connectivity index (χ0v) is 13.0. The molecule has 1 saturated heterocycles. The molecular weight excluding hydrogens is 315 g/mol. The maximum atomic E-state index is 11.9. The molecule has 1 fully saturated rings. The van der Waals surface area contributed by atoms with Crippen LogP contribution in [0.1, 0.15) is 12.8 Å². The Morgan fingerprint density at radius 1 is 1.24 bits per heavy atom. The van der Waals surface area contributed by atoms with Gasteiger partial charge in [0.2, 0.25) is 5.91 Å². The molecule has 1 aromatic carbocycles. The second kappa shape index (κ2) is 8.22. The monoisotopic (exact) mass is 332 g/mol. The molecular formula is C14H18Cl2N2O3. The number of benzene rings is 1. The number of amides is 1. The lowest BCUT2D eigenvalue weighted by molar-refractivity contribution is -0.143. The third kappa shape index (κ3) is 5.53. The van der Waals surface area contributed by atoms with Crippen molar-refractivity contribution in [1.82, 2.24) is 4.90 Å². The molecule has 0 aliphatic carbocycles. The van der Waals surface area contributed by atoms with Crippen LogP contribution in [0.2, 0.25) is 5.02 Å². The van der Waals surface area contributed by atoms with Crippen molar-refractivity contribution in [3.63, 3.8) is 0 Å². The minimum Gasteiger partial charge on any atom is -0.481 e. The van der Waals surface area contributed by atoms with E-state index in [0.29, 0.717) is 36.6 Å². The Hall–Kier alpha value is -1.30. The van der Waals surface area contributed by atoms with Crippen molar-refractivity contribution in [3.8, 4) is 0 Å². The fourth-order valence-electron chi connectivity index (χ4n) is 2.27. The molecule has 0 aromatic heterocycles. The molecule has 1 aromatic rings. The fourth-order valence-corrected chi connectivity index (χ4v) is 2.40. The summed E-state index contributed by atoms with van der Waals surface area (Å²) in [6.45, 7) is 1.57. The summed E-state index contributed by atoms with van der Waals surface area (Å²) >= 11 is 5.77. The first kappa shape index (κ1) is 17.8. The van der Waals surface area contributed by atoms with Gasteiger partial charge in [-0.3, -0.25) is 14.5 Å². The van der Waals surface area contributed by atoms with Gasteiger partial charge < -0.3 is 10.4 Å². The average Bonchev–Trinajstić information content (AvgIpc) is 2.42. The predicted octanol–water partition coefficient (Wildman–Crippen LogP) is 2.50. The number of carboxylic acid groups (broad SMARTS) is 1. The van der Waals surface area contributed by atoms with Gasteiger partial charge >= 0.3 is 5.97 Å². The lowest BCUT2D eigenvalue weighted by Gasteiger charge is -2.29. The van der Waals surface area contributed by atoms with Gasteiger partial charge in [-0.25, -0.2) is 0 Å². The van der Waals surface area contributed by atoms with Crippen molar-refractivity contribution in [2.45, 2.75) is 12.8 Å². The molecule has 0 atom stereocenters. The summed E-state index contributed by atoms with van der Waals surface area (Å²) in [6, 6.07) is 6.93. The standard InChI is InChI=1S/C14H17ClN2O3.ClH/c15-11-1-3-12(4-2-11)16-13(18)9-17-7-5-10(6-8-17)14(19)20;/h1-4,10H,5-9H2,(H,16,18)(H,19,20);1H. The highest BCUT2D eigenvalue weighted by Gasteiger charge is 2.25. The summed E-state index contributed by atoms with van der Waals surface area (Å²) in [6.07, 6.45) is 1.20. The molecule has 0 unspecified atom stereocenters. The quantitative estimate of drug-likeness (QED) is 0.888. The van der Waals surface area contributed by atoms with Crippen molar-refractivity contribution in [2.75, 3.05) is 25.0 Å². The summed E-state index contributed by atoms with van der Waals surface area (Å²) in [5.41, 5.74) is 0.708. The predicted molar refractivity (Wildman–Crippen MR) is 84.1 cm³/mol. The van der Waals surface area contributed by atoms with Gasteiger partial charge in [-0.1, -0.05) is 11.6 Å². The number of hydrogen-bond acceptors (Lipinski definition) is 3. The second-order valence-corrected chi connectivity index (χ2v) is 5.38. The van der Waals surface area contributed by atoms with E-state index in [0.717, 1.165) is 0 Å². The van der Waals surface area contributed by atoms with Crippen LogP contribution in [0, 0.1) is 5.92 Å². The number of carbonyl (C=O) groups is 2. The van der Waals surface area contributed by atoms with Crippen LogP contribution in [-0.2, 0) is 9.59 Å². The number of likely N-dealkylation sites (tertiary alicyclic amines) is 1. The average molecular weight is 333 g/mol. The maximum absolute atomic E-state index is 11.9. The summed E-state index contributed by atoms with van der Waals surface area (Å²) in [5, 5.41) is 12.3. The first-order valence-corrected chi connectivity index (χ1v) is 6.93. The van der Waals surface area contributed by atoms with Crippen molar-refractivity contribution in [2.24, 2.45) is 5.92 Å². The number of aliphatic carboxylic acids is 1. The van der Waals surface area contributed by atoms with E-state index < -0.39 is 5.97 Å². The van der Waals surface area contributed by atoms with E-state index in [1.807, 2.05) is 4.90 Å². The van der Waals surface area contributed by atoms with E-state index in [4.69, 9.17) is 16.7 Å². The first-order chi connectivity index (χ1) is 9.54. The van der Waals surface area contributed by atoms with Gasteiger partial charge in [0.15, 0.2) is 0 Å². The van der Waals surface area contributed by atoms with Crippen LogP contribution >= 0.6 is 24.0 Å². The second-order valence-electron chi connectivity index (χ2n) is 4.94. The zero-order chi connectivity index (χ0) is 14.5. The highest BCUT2D eigenvalue weighted by molar-refractivity contribution is 6.30. The number of hydrogen-bond donors (Lipinski definition) is 2. The Labute approximate surface area is 134 Å². The van der Waals surface area contributed by atoms with Crippen molar-refractivity contribution >= 4 is 41.6 Å². The number of rotatable bonds is 4. The Kier molecular flexibility index (Phi) is 6.95. The Morgan fingerprint density at radius 3 is 2.33 bits per heavy atom. The van der Waals surface area contributed by atoms with Gasteiger partial charge in [0, 0.05) is 10.7 Å². The molecule has 21 heavy (non-hydrogen) atoms. The van der Waals surface area contributed by atoms with Crippen LogP contribution in [-0.4, -0.2) is 41.5 Å². The molecule has 5 nitrogen and oxygen atoms in total. The molecule has 1 heterocycles. The van der Waals surface area contributed by atoms with Crippen LogP contribution in [0.4, 0.5) is 5.69 Å².